The summed E-state index contributed by atoms with van der Waals surface area (Å²) in [5.74, 6) is 0. The molecule has 0 unspecified atom stereocenters. The number of benzene rings is 1. The summed E-state index contributed by atoms with van der Waals surface area (Å²) in [5, 5.41) is 13.2. The van der Waals surface area contributed by atoms with E-state index in [4.69, 9.17) is 4.74 Å². The van der Waals surface area contributed by atoms with Crippen LogP contribution in [0.1, 0.15) is 45.8 Å². The van der Waals surface area contributed by atoms with Crippen LogP contribution in [0.4, 0.5) is 0 Å². The zero-order valence-electron chi connectivity index (χ0n) is 12.5. The topological polar surface area (TPSA) is 41.5 Å². The molecule has 0 saturated carbocycles. The van der Waals surface area contributed by atoms with Crippen molar-refractivity contribution in [1.82, 2.24) is 5.32 Å². The van der Waals surface area contributed by atoms with E-state index in [9.17, 15) is 5.11 Å². The summed E-state index contributed by atoms with van der Waals surface area (Å²) >= 11 is 0. The molecule has 0 aliphatic heterocycles. The minimum atomic E-state index is -0.475. The smallest absolute Gasteiger partial charge is 0.0898 e. The summed E-state index contributed by atoms with van der Waals surface area (Å²) in [6.45, 7) is 9.25. The zero-order valence-corrected chi connectivity index (χ0v) is 12.5. The molecule has 3 heteroatoms. The Bertz CT molecular complexity index is 346. The van der Waals surface area contributed by atoms with Gasteiger partial charge in [0.15, 0.2) is 0 Å². The third-order valence-corrected chi connectivity index (χ3v) is 2.90. The first-order chi connectivity index (χ1) is 8.92. The minimum Gasteiger partial charge on any atom is -0.389 e. The Labute approximate surface area is 117 Å². The van der Waals surface area contributed by atoms with Gasteiger partial charge in [0.1, 0.15) is 0 Å². The van der Waals surface area contributed by atoms with Gasteiger partial charge in [-0.1, -0.05) is 37.3 Å². The van der Waals surface area contributed by atoms with Crippen molar-refractivity contribution in [3.63, 3.8) is 0 Å². The molecule has 0 aromatic heterocycles. The second-order valence-electron chi connectivity index (χ2n) is 5.93. The van der Waals surface area contributed by atoms with Crippen molar-refractivity contribution in [3.05, 3.63) is 35.9 Å². The molecule has 108 valence electrons. The van der Waals surface area contributed by atoms with E-state index in [0.29, 0.717) is 13.2 Å². The summed E-state index contributed by atoms with van der Waals surface area (Å²) in [7, 11) is 0. The SMILES string of the molecule is CC[C@H](OC[C@H](O)CNC(C)(C)C)c1ccccc1. The number of nitrogens with one attached hydrogen (secondary N) is 1. The largest absolute Gasteiger partial charge is 0.389 e. The average Bonchev–Trinajstić information content (AvgIpc) is 2.37. The van der Waals surface area contributed by atoms with E-state index in [1.165, 1.54) is 5.56 Å². The van der Waals surface area contributed by atoms with Crippen molar-refractivity contribution in [3.8, 4) is 0 Å². The molecular formula is C16H27NO2. The molecule has 0 spiro atoms. The Hall–Kier alpha value is -0.900. The van der Waals surface area contributed by atoms with Gasteiger partial charge in [0.2, 0.25) is 0 Å². The summed E-state index contributed by atoms with van der Waals surface area (Å²) in [4.78, 5) is 0. The first-order valence-corrected chi connectivity index (χ1v) is 7.02. The maximum atomic E-state index is 9.92. The molecule has 19 heavy (non-hydrogen) atoms. The van der Waals surface area contributed by atoms with E-state index in [-0.39, 0.29) is 11.6 Å². The van der Waals surface area contributed by atoms with E-state index < -0.39 is 6.10 Å². The zero-order chi connectivity index (χ0) is 14.3. The molecule has 2 N–H and O–H groups in total. The molecule has 0 heterocycles. The second-order valence-corrected chi connectivity index (χ2v) is 5.93. The number of rotatable bonds is 7. The molecule has 0 saturated heterocycles. The van der Waals surface area contributed by atoms with Crippen LogP contribution in [0.15, 0.2) is 30.3 Å². The third kappa shape index (κ3) is 6.71. The van der Waals surface area contributed by atoms with Crippen molar-refractivity contribution in [1.29, 1.82) is 0 Å². The Morgan fingerprint density at radius 3 is 2.37 bits per heavy atom. The molecule has 1 aromatic rings. The standard InChI is InChI=1S/C16H27NO2/c1-5-15(13-9-7-6-8-10-13)19-12-14(18)11-17-16(2,3)4/h6-10,14-15,17-18H,5,11-12H2,1-4H3/t14-,15+/m1/s1. The van der Waals surface area contributed by atoms with E-state index >= 15 is 0 Å². The molecule has 2 atom stereocenters. The fraction of sp³-hybridized carbons (Fsp3) is 0.625. The number of hydrogen-bond acceptors (Lipinski definition) is 3. The van der Waals surface area contributed by atoms with Crippen LogP contribution in [0.5, 0.6) is 0 Å². The van der Waals surface area contributed by atoms with Gasteiger partial charge < -0.3 is 15.2 Å². The molecule has 3 nitrogen and oxygen atoms in total. The van der Waals surface area contributed by atoms with Crippen LogP contribution in [0.3, 0.4) is 0 Å². The fourth-order valence-electron chi connectivity index (χ4n) is 1.83. The van der Waals surface area contributed by atoms with Gasteiger partial charge in [-0.25, -0.2) is 0 Å². The third-order valence-electron chi connectivity index (χ3n) is 2.90. The summed E-state index contributed by atoms with van der Waals surface area (Å²) in [6, 6.07) is 10.2. The van der Waals surface area contributed by atoms with Crippen molar-refractivity contribution in [2.45, 2.75) is 51.9 Å². The highest BCUT2D eigenvalue weighted by Crippen LogP contribution is 2.20. The van der Waals surface area contributed by atoms with Crippen molar-refractivity contribution >= 4 is 0 Å². The number of aliphatic hydroxyl groups is 1. The molecule has 1 aromatic carbocycles. The number of hydrogen-bond donors (Lipinski definition) is 2. The summed E-state index contributed by atoms with van der Waals surface area (Å²) < 4.78 is 5.81. The normalized spacial score (nSPS) is 15.2. The molecule has 0 bridgehead atoms. The van der Waals surface area contributed by atoms with Crippen LogP contribution < -0.4 is 5.32 Å². The monoisotopic (exact) mass is 265 g/mol. The lowest BCUT2D eigenvalue weighted by Gasteiger charge is -2.24. The second kappa shape index (κ2) is 7.63. The van der Waals surface area contributed by atoms with Gasteiger partial charge in [-0.3, -0.25) is 0 Å². The van der Waals surface area contributed by atoms with Gasteiger partial charge in [-0.2, -0.15) is 0 Å². The van der Waals surface area contributed by atoms with Gasteiger partial charge in [-0.05, 0) is 32.8 Å². The highest BCUT2D eigenvalue weighted by Gasteiger charge is 2.15. The first kappa shape index (κ1) is 16.2. The Morgan fingerprint density at radius 2 is 1.84 bits per heavy atom. The van der Waals surface area contributed by atoms with E-state index in [0.717, 1.165) is 6.42 Å². The average molecular weight is 265 g/mol. The summed E-state index contributed by atoms with van der Waals surface area (Å²) in [5.41, 5.74) is 1.19. The minimum absolute atomic E-state index is 0.0184. The highest BCUT2D eigenvalue weighted by atomic mass is 16.5. The van der Waals surface area contributed by atoms with Crippen molar-refractivity contribution in [2.75, 3.05) is 13.2 Å². The van der Waals surface area contributed by atoms with E-state index in [2.05, 4.69) is 45.1 Å². The predicted octanol–water partition coefficient (Wildman–Crippen LogP) is 2.90. The fourth-order valence-corrected chi connectivity index (χ4v) is 1.83. The maximum Gasteiger partial charge on any atom is 0.0898 e. The molecule has 1 rings (SSSR count). The van der Waals surface area contributed by atoms with E-state index in [1.54, 1.807) is 0 Å². The predicted molar refractivity (Wildman–Crippen MR) is 79.2 cm³/mol. The lowest BCUT2D eigenvalue weighted by atomic mass is 10.1. The number of β-amino-alcohol motifs (C(OH)–C–C–N with tert-alkyl or cyclic N) is 1. The molecule has 0 fully saturated rings. The van der Waals surface area contributed by atoms with E-state index in [1.807, 2.05) is 18.2 Å². The van der Waals surface area contributed by atoms with Crippen molar-refractivity contribution in [2.24, 2.45) is 0 Å². The molecule has 0 aliphatic carbocycles. The lowest BCUT2D eigenvalue weighted by Crippen LogP contribution is -2.42. The van der Waals surface area contributed by atoms with Gasteiger partial charge in [-0.15, -0.1) is 0 Å². The van der Waals surface area contributed by atoms with Crippen LogP contribution in [0.25, 0.3) is 0 Å². The Kier molecular flexibility index (Phi) is 6.49. The van der Waals surface area contributed by atoms with Crippen molar-refractivity contribution < 1.29 is 9.84 Å². The first-order valence-electron chi connectivity index (χ1n) is 7.02. The van der Waals surface area contributed by atoms with Gasteiger partial charge >= 0.3 is 0 Å². The highest BCUT2D eigenvalue weighted by molar-refractivity contribution is 5.17. The number of aliphatic hydroxyl groups excluding tert-OH is 1. The molecule has 0 radical (unpaired) electrons. The number of ether oxygens (including phenoxy) is 1. The van der Waals surface area contributed by atoms with Gasteiger partial charge in [0.05, 0.1) is 18.8 Å². The Balaban J connectivity index is 2.37. The van der Waals surface area contributed by atoms with Crippen LogP contribution in [0.2, 0.25) is 0 Å². The van der Waals surface area contributed by atoms with Gasteiger partial charge in [0.25, 0.3) is 0 Å². The molecular weight excluding hydrogens is 238 g/mol. The van der Waals surface area contributed by atoms with Crippen LogP contribution in [-0.4, -0.2) is 29.9 Å². The van der Waals surface area contributed by atoms with Crippen LogP contribution in [0, 0.1) is 0 Å². The quantitative estimate of drug-likeness (QED) is 0.796. The van der Waals surface area contributed by atoms with Crippen LogP contribution in [-0.2, 0) is 4.74 Å². The lowest BCUT2D eigenvalue weighted by molar-refractivity contribution is -0.0130. The Morgan fingerprint density at radius 1 is 1.21 bits per heavy atom. The maximum absolute atomic E-state index is 9.92. The summed E-state index contributed by atoms with van der Waals surface area (Å²) in [6.07, 6.45) is 0.492. The van der Waals surface area contributed by atoms with Gasteiger partial charge in [0, 0.05) is 12.1 Å². The van der Waals surface area contributed by atoms with Crippen LogP contribution >= 0.6 is 0 Å². The molecule has 0 amide bonds. The molecule has 0 aliphatic rings.